The van der Waals surface area contributed by atoms with E-state index in [4.69, 9.17) is 17.3 Å². The Morgan fingerprint density at radius 3 is 2.83 bits per heavy atom. The molecule has 0 radical (unpaired) electrons. The van der Waals surface area contributed by atoms with Crippen LogP contribution in [-0.2, 0) is 16.1 Å². The average Bonchev–Trinajstić information content (AvgIpc) is 2.32. The zero-order valence-corrected chi connectivity index (χ0v) is 10.9. The number of benzene rings is 1. The van der Waals surface area contributed by atoms with E-state index < -0.39 is 6.04 Å². The number of carbonyl (C=O) groups excluding carboxylic acids is 2. The SMILES string of the molecule is Cc1ccc(CN2C(=O)CCC(N)C2=O)c(Cl)c1. The zero-order valence-electron chi connectivity index (χ0n) is 10.1. The highest BCUT2D eigenvalue weighted by molar-refractivity contribution is 6.31. The number of halogens is 1. The number of aryl methyl sites for hydroxylation is 1. The minimum absolute atomic E-state index is 0.182. The lowest BCUT2D eigenvalue weighted by Gasteiger charge is -2.29. The van der Waals surface area contributed by atoms with Gasteiger partial charge in [0.25, 0.3) is 0 Å². The number of piperidine rings is 1. The number of carbonyl (C=O) groups is 2. The predicted octanol–water partition coefficient (Wildman–Crippen LogP) is 1.62. The number of hydrogen-bond donors (Lipinski definition) is 1. The first-order chi connectivity index (χ1) is 8.49. The van der Waals surface area contributed by atoms with E-state index in [0.717, 1.165) is 11.1 Å². The summed E-state index contributed by atoms with van der Waals surface area (Å²) in [5.74, 6) is -0.499. The van der Waals surface area contributed by atoms with Crippen molar-refractivity contribution in [1.82, 2.24) is 4.90 Å². The lowest BCUT2D eigenvalue weighted by molar-refractivity contribution is -0.149. The number of hydrogen-bond acceptors (Lipinski definition) is 3. The molecule has 18 heavy (non-hydrogen) atoms. The molecular formula is C13H15ClN2O2. The molecule has 1 aromatic rings. The molecule has 1 aromatic carbocycles. The van der Waals surface area contributed by atoms with Gasteiger partial charge in [-0.15, -0.1) is 0 Å². The minimum atomic E-state index is -0.577. The fourth-order valence-electron chi connectivity index (χ4n) is 1.98. The Hall–Kier alpha value is -1.39. The van der Waals surface area contributed by atoms with Crippen LogP contribution in [0.25, 0.3) is 0 Å². The van der Waals surface area contributed by atoms with Gasteiger partial charge in [0, 0.05) is 11.4 Å². The summed E-state index contributed by atoms with van der Waals surface area (Å²) >= 11 is 6.10. The van der Waals surface area contributed by atoms with Gasteiger partial charge in [-0.2, -0.15) is 0 Å². The van der Waals surface area contributed by atoms with Crippen LogP contribution < -0.4 is 5.73 Å². The summed E-state index contributed by atoms with van der Waals surface area (Å²) in [7, 11) is 0. The third-order valence-corrected chi connectivity index (χ3v) is 3.44. The maximum atomic E-state index is 11.9. The predicted molar refractivity (Wildman–Crippen MR) is 69.0 cm³/mol. The van der Waals surface area contributed by atoms with E-state index in [-0.39, 0.29) is 18.4 Å². The molecule has 0 aromatic heterocycles. The van der Waals surface area contributed by atoms with Gasteiger partial charge in [0.15, 0.2) is 0 Å². The van der Waals surface area contributed by atoms with Crippen molar-refractivity contribution in [2.75, 3.05) is 0 Å². The molecule has 96 valence electrons. The normalized spacial score (nSPS) is 20.4. The first kappa shape index (κ1) is 13.1. The van der Waals surface area contributed by atoms with Gasteiger partial charge in [-0.3, -0.25) is 14.5 Å². The van der Waals surface area contributed by atoms with E-state index in [9.17, 15) is 9.59 Å². The molecule has 0 aliphatic carbocycles. The van der Waals surface area contributed by atoms with Crippen molar-refractivity contribution < 1.29 is 9.59 Å². The second-order valence-electron chi connectivity index (χ2n) is 4.56. The molecule has 0 spiro atoms. The maximum Gasteiger partial charge on any atom is 0.246 e. The molecule has 1 unspecified atom stereocenters. The molecule has 4 nitrogen and oxygen atoms in total. The summed E-state index contributed by atoms with van der Waals surface area (Å²) in [6.07, 6.45) is 0.742. The van der Waals surface area contributed by atoms with E-state index in [1.165, 1.54) is 4.90 Å². The number of likely N-dealkylation sites (tertiary alicyclic amines) is 1. The highest BCUT2D eigenvalue weighted by Crippen LogP contribution is 2.22. The van der Waals surface area contributed by atoms with Gasteiger partial charge in [-0.05, 0) is 30.5 Å². The number of nitrogens with two attached hydrogens (primary N) is 1. The van der Waals surface area contributed by atoms with Crippen LogP contribution in [0.1, 0.15) is 24.0 Å². The third kappa shape index (κ3) is 2.54. The Kier molecular flexibility index (Phi) is 3.68. The molecular weight excluding hydrogens is 252 g/mol. The van der Waals surface area contributed by atoms with E-state index >= 15 is 0 Å². The van der Waals surface area contributed by atoms with Crippen LogP contribution in [-0.4, -0.2) is 22.8 Å². The molecule has 1 heterocycles. The fraction of sp³-hybridized carbons (Fsp3) is 0.385. The Bertz CT molecular complexity index is 502. The first-order valence-electron chi connectivity index (χ1n) is 5.84. The summed E-state index contributed by atoms with van der Waals surface area (Å²) in [4.78, 5) is 24.8. The van der Waals surface area contributed by atoms with Crippen molar-refractivity contribution in [3.8, 4) is 0 Å². The highest BCUT2D eigenvalue weighted by Gasteiger charge is 2.32. The maximum absolute atomic E-state index is 11.9. The van der Waals surface area contributed by atoms with Crippen molar-refractivity contribution in [2.45, 2.75) is 32.4 Å². The van der Waals surface area contributed by atoms with E-state index in [2.05, 4.69) is 0 Å². The second kappa shape index (κ2) is 5.08. The van der Waals surface area contributed by atoms with Crippen LogP contribution in [0.3, 0.4) is 0 Å². The number of amides is 2. The van der Waals surface area contributed by atoms with Gasteiger partial charge in [-0.25, -0.2) is 0 Å². The fourth-order valence-corrected chi connectivity index (χ4v) is 2.27. The number of nitrogens with zero attached hydrogens (tertiary/aromatic N) is 1. The van der Waals surface area contributed by atoms with Crippen molar-refractivity contribution in [2.24, 2.45) is 5.73 Å². The summed E-state index contributed by atoms with van der Waals surface area (Å²) in [5.41, 5.74) is 7.47. The summed E-state index contributed by atoms with van der Waals surface area (Å²) in [6.45, 7) is 2.13. The van der Waals surface area contributed by atoms with Crippen LogP contribution in [0.2, 0.25) is 5.02 Å². The van der Waals surface area contributed by atoms with E-state index in [1.54, 1.807) is 0 Å². The van der Waals surface area contributed by atoms with Crippen molar-refractivity contribution in [3.63, 3.8) is 0 Å². The van der Waals surface area contributed by atoms with Crippen molar-refractivity contribution in [1.29, 1.82) is 0 Å². The Labute approximate surface area is 111 Å². The molecule has 1 saturated heterocycles. The van der Waals surface area contributed by atoms with Crippen LogP contribution in [0.4, 0.5) is 0 Å². The van der Waals surface area contributed by atoms with Gasteiger partial charge < -0.3 is 5.73 Å². The van der Waals surface area contributed by atoms with Crippen LogP contribution in [0.15, 0.2) is 18.2 Å². The monoisotopic (exact) mass is 266 g/mol. The molecule has 2 amide bonds. The quantitative estimate of drug-likeness (QED) is 0.828. The van der Waals surface area contributed by atoms with Crippen LogP contribution >= 0.6 is 11.6 Å². The van der Waals surface area contributed by atoms with Gasteiger partial charge in [0.05, 0.1) is 12.6 Å². The molecule has 0 saturated carbocycles. The zero-order chi connectivity index (χ0) is 13.3. The van der Waals surface area contributed by atoms with Crippen molar-refractivity contribution >= 4 is 23.4 Å². The minimum Gasteiger partial charge on any atom is -0.320 e. The summed E-state index contributed by atoms with van der Waals surface area (Å²) in [5, 5.41) is 0.565. The Balaban J connectivity index is 2.21. The van der Waals surface area contributed by atoms with E-state index in [1.807, 2.05) is 25.1 Å². The molecule has 2 N–H and O–H groups in total. The lowest BCUT2D eigenvalue weighted by atomic mass is 10.0. The molecule has 0 bridgehead atoms. The topological polar surface area (TPSA) is 63.4 Å². The standard InChI is InChI=1S/C13H15ClN2O2/c1-8-2-3-9(10(14)6-8)7-16-12(17)5-4-11(15)13(16)18/h2-3,6,11H,4-5,7,15H2,1H3. The third-order valence-electron chi connectivity index (χ3n) is 3.09. The molecule has 2 rings (SSSR count). The van der Waals surface area contributed by atoms with Gasteiger partial charge >= 0.3 is 0 Å². The second-order valence-corrected chi connectivity index (χ2v) is 4.97. The van der Waals surface area contributed by atoms with Gasteiger partial charge in [0.2, 0.25) is 11.8 Å². The van der Waals surface area contributed by atoms with Crippen molar-refractivity contribution in [3.05, 3.63) is 34.3 Å². The Morgan fingerprint density at radius 2 is 2.17 bits per heavy atom. The van der Waals surface area contributed by atoms with Crippen LogP contribution in [0.5, 0.6) is 0 Å². The number of imide groups is 1. The molecule has 5 heteroatoms. The lowest BCUT2D eigenvalue weighted by Crippen LogP contribution is -2.50. The smallest absolute Gasteiger partial charge is 0.246 e. The van der Waals surface area contributed by atoms with Gasteiger partial charge in [-0.1, -0.05) is 23.7 Å². The first-order valence-corrected chi connectivity index (χ1v) is 6.21. The van der Waals surface area contributed by atoms with Crippen LogP contribution in [0, 0.1) is 6.92 Å². The van der Waals surface area contributed by atoms with E-state index in [0.29, 0.717) is 17.9 Å². The Morgan fingerprint density at radius 1 is 1.44 bits per heavy atom. The number of rotatable bonds is 2. The highest BCUT2D eigenvalue weighted by atomic mass is 35.5. The molecule has 1 atom stereocenters. The molecule has 1 aliphatic rings. The van der Waals surface area contributed by atoms with Gasteiger partial charge in [0.1, 0.15) is 0 Å². The average molecular weight is 267 g/mol. The summed E-state index contributed by atoms with van der Waals surface area (Å²) in [6, 6.07) is 4.97. The summed E-state index contributed by atoms with van der Waals surface area (Å²) < 4.78 is 0. The molecule has 1 fully saturated rings. The molecule has 1 aliphatic heterocycles. The largest absolute Gasteiger partial charge is 0.320 e.